The van der Waals surface area contributed by atoms with Crippen LogP contribution in [-0.4, -0.2) is 20.4 Å². The van der Waals surface area contributed by atoms with E-state index in [0.29, 0.717) is 5.88 Å². The van der Waals surface area contributed by atoms with Crippen LogP contribution in [0.1, 0.15) is 26.8 Å². The van der Waals surface area contributed by atoms with Crippen LogP contribution in [0, 0.1) is 20.8 Å². The number of pyridine rings is 1. The summed E-state index contributed by atoms with van der Waals surface area (Å²) in [4.78, 5) is 12.1. The monoisotopic (exact) mass is 319 g/mol. The Hall–Kier alpha value is -1.39. The molecular formula is C16H18ClN3S. The van der Waals surface area contributed by atoms with Gasteiger partial charge in [-0.05, 0) is 44.5 Å². The molecule has 0 spiro atoms. The van der Waals surface area contributed by atoms with E-state index in [1.165, 1.54) is 15.3 Å². The number of hydrogen-bond donors (Lipinski definition) is 0. The summed E-state index contributed by atoms with van der Waals surface area (Å²) >= 11 is 7.77. The lowest BCUT2D eigenvalue weighted by molar-refractivity contribution is 0.755. The molecule has 0 unspecified atom stereocenters. The van der Waals surface area contributed by atoms with Crippen molar-refractivity contribution in [2.24, 2.45) is 0 Å². The zero-order chi connectivity index (χ0) is 15.0. The topological polar surface area (TPSA) is 30.7 Å². The molecule has 21 heavy (non-hydrogen) atoms. The smallest absolute Gasteiger partial charge is 0.160 e. The number of rotatable bonds is 4. The van der Waals surface area contributed by atoms with E-state index in [1.54, 1.807) is 0 Å². The first-order valence-corrected chi connectivity index (χ1v) is 8.38. The molecule has 0 aliphatic rings. The zero-order valence-electron chi connectivity index (χ0n) is 12.5. The zero-order valence-corrected chi connectivity index (χ0v) is 14.1. The SMILES string of the molecule is Cc1ccc2nc(CCCl)n(Cc3cc(C)c(C)s3)c2n1. The van der Waals surface area contributed by atoms with Crippen LogP contribution in [0.4, 0.5) is 0 Å². The molecule has 0 N–H and O–H groups in total. The van der Waals surface area contributed by atoms with Gasteiger partial charge in [-0.2, -0.15) is 0 Å². The van der Waals surface area contributed by atoms with Crippen molar-refractivity contribution in [3.8, 4) is 0 Å². The van der Waals surface area contributed by atoms with E-state index in [1.807, 2.05) is 30.4 Å². The van der Waals surface area contributed by atoms with Crippen molar-refractivity contribution < 1.29 is 0 Å². The first kappa shape index (κ1) is 14.5. The van der Waals surface area contributed by atoms with Gasteiger partial charge < -0.3 is 4.57 Å². The fraction of sp³-hybridized carbons (Fsp3) is 0.375. The number of imidazole rings is 1. The average molecular weight is 320 g/mol. The van der Waals surface area contributed by atoms with Gasteiger partial charge in [-0.3, -0.25) is 0 Å². The highest BCUT2D eigenvalue weighted by Crippen LogP contribution is 2.24. The van der Waals surface area contributed by atoms with Gasteiger partial charge in [-0.15, -0.1) is 22.9 Å². The van der Waals surface area contributed by atoms with Crippen molar-refractivity contribution in [3.63, 3.8) is 0 Å². The molecule has 0 saturated heterocycles. The number of halogens is 1. The Kier molecular flexibility index (Phi) is 4.00. The van der Waals surface area contributed by atoms with Crippen LogP contribution in [0.2, 0.25) is 0 Å². The number of thiophene rings is 1. The molecule has 110 valence electrons. The Morgan fingerprint density at radius 2 is 2.00 bits per heavy atom. The summed E-state index contributed by atoms with van der Waals surface area (Å²) in [5.41, 5.74) is 4.27. The summed E-state index contributed by atoms with van der Waals surface area (Å²) in [5, 5.41) is 0. The molecule has 0 aromatic carbocycles. The number of hydrogen-bond acceptors (Lipinski definition) is 3. The minimum absolute atomic E-state index is 0.574. The molecule has 0 atom stereocenters. The van der Waals surface area contributed by atoms with Crippen LogP contribution in [0.15, 0.2) is 18.2 Å². The second-order valence-electron chi connectivity index (χ2n) is 5.30. The summed E-state index contributed by atoms with van der Waals surface area (Å²) in [6.45, 7) is 7.15. The molecule has 0 amide bonds. The lowest BCUT2D eigenvalue weighted by Crippen LogP contribution is -2.06. The molecular weight excluding hydrogens is 302 g/mol. The molecule has 0 radical (unpaired) electrons. The summed E-state index contributed by atoms with van der Waals surface area (Å²) in [5.74, 6) is 1.59. The number of fused-ring (bicyclic) bond motifs is 1. The predicted octanol–water partition coefficient (Wildman–Crippen LogP) is 4.25. The van der Waals surface area contributed by atoms with Gasteiger partial charge >= 0.3 is 0 Å². The molecule has 5 heteroatoms. The van der Waals surface area contributed by atoms with Crippen molar-refractivity contribution >= 4 is 34.1 Å². The van der Waals surface area contributed by atoms with Gasteiger partial charge in [0.15, 0.2) is 5.65 Å². The summed E-state index contributed by atoms with van der Waals surface area (Å²) in [7, 11) is 0. The number of alkyl halides is 1. The van der Waals surface area contributed by atoms with Crippen molar-refractivity contribution in [3.05, 3.63) is 45.0 Å². The van der Waals surface area contributed by atoms with E-state index in [-0.39, 0.29) is 0 Å². The molecule has 3 rings (SSSR count). The Morgan fingerprint density at radius 1 is 1.19 bits per heavy atom. The molecule has 3 heterocycles. The first-order valence-electron chi connectivity index (χ1n) is 7.03. The van der Waals surface area contributed by atoms with E-state index >= 15 is 0 Å². The van der Waals surface area contributed by atoms with E-state index in [9.17, 15) is 0 Å². The summed E-state index contributed by atoms with van der Waals surface area (Å²) in [6, 6.07) is 6.30. The average Bonchev–Trinajstić information content (AvgIpc) is 2.93. The third-order valence-electron chi connectivity index (χ3n) is 3.66. The highest BCUT2D eigenvalue weighted by atomic mass is 35.5. The van der Waals surface area contributed by atoms with Crippen molar-refractivity contribution in [2.45, 2.75) is 33.7 Å². The fourth-order valence-electron chi connectivity index (χ4n) is 2.47. The van der Waals surface area contributed by atoms with Crippen LogP contribution in [0.3, 0.4) is 0 Å². The lowest BCUT2D eigenvalue weighted by Gasteiger charge is -2.06. The first-order chi connectivity index (χ1) is 10.1. The quantitative estimate of drug-likeness (QED) is 0.673. The van der Waals surface area contributed by atoms with Crippen LogP contribution in [0.25, 0.3) is 11.2 Å². The van der Waals surface area contributed by atoms with Crippen LogP contribution in [-0.2, 0) is 13.0 Å². The third-order valence-corrected chi connectivity index (χ3v) is 4.99. The fourth-order valence-corrected chi connectivity index (χ4v) is 3.68. The van der Waals surface area contributed by atoms with Gasteiger partial charge in [0.2, 0.25) is 0 Å². The summed E-state index contributed by atoms with van der Waals surface area (Å²) in [6.07, 6.45) is 0.764. The highest BCUT2D eigenvalue weighted by molar-refractivity contribution is 7.12. The van der Waals surface area contributed by atoms with E-state index in [2.05, 4.69) is 34.4 Å². The number of aryl methyl sites for hydroxylation is 4. The maximum atomic E-state index is 5.93. The second-order valence-corrected chi connectivity index (χ2v) is 7.02. The Labute approximate surface area is 133 Å². The van der Waals surface area contributed by atoms with E-state index in [0.717, 1.165) is 35.6 Å². The molecule has 0 saturated carbocycles. The Morgan fingerprint density at radius 3 is 2.67 bits per heavy atom. The maximum Gasteiger partial charge on any atom is 0.160 e. The molecule has 0 bridgehead atoms. The van der Waals surface area contributed by atoms with Crippen molar-refractivity contribution in [2.75, 3.05) is 5.88 Å². The number of aromatic nitrogens is 3. The molecule has 3 nitrogen and oxygen atoms in total. The normalized spacial score (nSPS) is 11.4. The minimum atomic E-state index is 0.574. The van der Waals surface area contributed by atoms with Crippen LogP contribution >= 0.6 is 22.9 Å². The second kappa shape index (κ2) is 5.78. The van der Waals surface area contributed by atoms with Gasteiger partial charge in [-0.1, -0.05) is 0 Å². The highest BCUT2D eigenvalue weighted by Gasteiger charge is 2.13. The molecule has 3 aromatic heterocycles. The van der Waals surface area contributed by atoms with Gasteiger partial charge in [-0.25, -0.2) is 9.97 Å². The third kappa shape index (κ3) is 2.83. The number of nitrogens with zero attached hydrogens (tertiary/aromatic N) is 3. The Balaban J connectivity index is 2.09. The standard InChI is InChI=1S/C16H18ClN3S/c1-10-8-13(21-12(10)3)9-20-15(6-7-17)19-14-5-4-11(2)18-16(14)20/h4-5,8H,6-7,9H2,1-3H3. The molecule has 0 fully saturated rings. The van der Waals surface area contributed by atoms with E-state index < -0.39 is 0 Å². The minimum Gasteiger partial charge on any atom is -0.307 e. The largest absolute Gasteiger partial charge is 0.307 e. The van der Waals surface area contributed by atoms with Crippen molar-refractivity contribution in [1.82, 2.24) is 14.5 Å². The van der Waals surface area contributed by atoms with Crippen LogP contribution in [0.5, 0.6) is 0 Å². The maximum absolute atomic E-state index is 5.93. The predicted molar refractivity (Wildman–Crippen MR) is 89.6 cm³/mol. The summed E-state index contributed by atoms with van der Waals surface area (Å²) < 4.78 is 2.20. The Bertz CT molecular complexity index is 769. The van der Waals surface area contributed by atoms with Crippen LogP contribution < -0.4 is 0 Å². The molecule has 3 aromatic rings. The van der Waals surface area contributed by atoms with Gasteiger partial charge in [0.1, 0.15) is 11.3 Å². The van der Waals surface area contributed by atoms with Crippen molar-refractivity contribution in [1.29, 1.82) is 0 Å². The van der Waals surface area contributed by atoms with Gasteiger partial charge in [0, 0.05) is 27.7 Å². The molecule has 0 aliphatic carbocycles. The molecule has 0 aliphatic heterocycles. The lowest BCUT2D eigenvalue weighted by atomic mass is 10.3. The van der Waals surface area contributed by atoms with Gasteiger partial charge in [0.25, 0.3) is 0 Å². The van der Waals surface area contributed by atoms with Gasteiger partial charge in [0.05, 0.1) is 6.54 Å². The van der Waals surface area contributed by atoms with E-state index in [4.69, 9.17) is 11.6 Å².